The second kappa shape index (κ2) is 6.86. The van der Waals surface area contributed by atoms with Gasteiger partial charge in [0.1, 0.15) is 0 Å². The molecule has 78 valence electrons. The maximum atomic E-state index is 2.38. The summed E-state index contributed by atoms with van der Waals surface area (Å²) in [5.41, 5.74) is 0.522. The largest absolute Gasteiger partial charge is 0.0785 e. The maximum absolute atomic E-state index is 2.38. The van der Waals surface area contributed by atoms with Gasteiger partial charge >= 0.3 is 0 Å². The first-order chi connectivity index (χ1) is 6.00. The van der Waals surface area contributed by atoms with Crippen LogP contribution in [0.3, 0.4) is 0 Å². The lowest BCUT2D eigenvalue weighted by Gasteiger charge is -2.29. The molecular formula is C12H23I. The third-order valence-corrected chi connectivity index (χ3v) is 3.60. The van der Waals surface area contributed by atoms with Crippen molar-refractivity contribution < 1.29 is 0 Å². The first-order valence-corrected chi connectivity index (χ1v) is 6.50. The molecule has 1 heteroatoms. The predicted octanol–water partition coefficient (Wildman–Crippen LogP) is 5.18. The topological polar surface area (TPSA) is 0 Å². The average molecular weight is 294 g/mol. The van der Waals surface area contributed by atoms with Gasteiger partial charge in [-0.25, -0.2) is 0 Å². The van der Waals surface area contributed by atoms with Crippen molar-refractivity contribution in [3.63, 3.8) is 0 Å². The van der Waals surface area contributed by atoms with Crippen LogP contribution in [-0.2, 0) is 0 Å². The molecule has 0 aliphatic carbocycles. The van der Waals surface area contributed by atoms with Gasteiger partial charge in [0, 0.05) is 0 Å². The molecule has 0 rings (SSSR count). The van der Waals surface area contributed by atoms with Crippen LogP contribution in [0.4, 0.5) is 0 Å². The lowest BCUT2D eigenvalue weighted by molar-refractivity contribution is 0.222. The number of allylic oxidation sites excluding steroid dienone is 1. The number of unbranched alkanes of at least 4 members (excludes halogenated alkanes) is 2. The molecule has 0 aromatic rings. The van der Waals surface area contributed by atoms with Gasteiger partial charge in [-0.3, -0.25) is 0 Å². The Bertz CT molecular complexity index is 145. The summed E-state index contributed by atoms with van der Waals surface area (Å²) in [5, 5.41) is 0. The lowest BCUT2D eigenvalue weighted by atomic mass is 9.77. The van der Waals surface area contributed by atoms with Crippen LogP contribution in [0.25, 0.3) is 0 Å². The molecule has 0 aliphatic heterocycles. The van der Waals surface area contributed by atoms with E-state index in [1.165, 1.54) is 25.7 Å². The van der Waals surface area contributed by atoms with Gasteiger partial charge in [0.2, 0.25) is 0 Å². The zero-order valence-electron chi connectivity index (χ0n) is 9.44. The van der Waals surface area contributed by atoms with Crippen molar-refractivity contribution in [3.8, 4) is 0 Å². The van der Waals surface area contributed by atoms with Gasteiger partial charge in [0.05, 0.1) is 0 Å². The van der Waals surface area contributed by atoms with Gasteiger partial charge in [-0.2, -0.15) is 0 Å². The zero-order chi connectivity index (χ0) is 10.3. The molecule has 0 saturated heterocycles. The van der Waals surface area contributed by atoms with E-state index in [9.17, 15) is 0 Å². The van der Waals surface area contributed by atoms with Crippen LogP contribution >= 0.6 is 22.6 Å². The second-order valence-corrected chi connectivity index (χ2v) is 5.47. The van der Waals surface area contributed by atoms with Gasteiger partial charge in [-0.1, -0.05) is 62.8 Å². The normalized spacial score (nSPS) is 13.1. The summed E-state index contributed by atoms with van der Waals surface area (Å²) in [6.07, 6.45) is 7.57. The summed E-state index contributed by atoms with van der Waals surface area (Å²) in [4.78, 5) is 0. The van der Waals surface area contributed by atoms with Crippen molar-refractivity contribution >= 4 is 22.6 Å². The van der Waals surface area contributed by atoms with E-state index in [0.717, 1.165) is 5.92 Å². The molecule has 0 radical (unpaired) electrons. The SMILES string of the molecule is CC(C)C(C)(C)CCCCC=CI. The first-order valence-electron chi connectivity index (χ1n) is 5.26. The van der Waals surface area contributed by atoms with Gasteiger partial charge in [-0.05, 0) is 34.7 Å². The van der Waals surface area contributed by atoms with E-state index in [1.54, 1.807) is 0 Å². The van der Waals surface area contributed by atoms with E-state index in [-0.39, 0.29) is 0 Å². The van der Waals surface area contributed by atoms with E-state index in [0.29, 0.717) is 5.41 Å². The molecule has 0 bridgehead atoms. The van der Waals surface area contributed by atoms with Crippen LogP contribution < -0.4 is 0 Å². The van der Waals surface area contributed by atoms with E-state index < -0.39 is 0 Å². The fourth-order valence-corrected chi connectivity index (χ4v) is 1.55. The molecule has 0 amide bonds. The third-order valence-electron chi connectivity index (χ3n) is 3.09. The van der Waals surface area contributed by atoms with Crippen molar-refractivity contribution in [1.82, 2.24) is 0 Å². The van der Waals surface area contributed by atoms with Crippen LogP contribution in [0, 0.1) is 11.3 Å². The molecule has 0 aromatic carbocycles. The molecule has 0 fully saturated rings. The molecule has 0 nitrogen and oxygen atoms in total. The summed E-state index contributed by atoms with van der Waals surface area (Å²) < 4.78 is 2.12. The Kier molecular flexibility index (Phi) is 7.10. The Morgan fingerprint density at radius 1 is 1.23 bits per heavy atom. The van der Waals surface area contributed by atoms with Crippen molar-refractivity contribution in [2.24, 2.45) is 11.3 Å². The molecule has 0 atom stereocenters. The van der Waals surface area contributed by atoms with Crippen LogP contribution in [0.1, 0.15) is 53.4 Å². The minimum absolute atomic E-state index is 0.522. The molecular weight excluding hydrogens is 271 g/mol. The Morgan fingerprint density at radius 2 is 1.85 bits per heavy atom. The lowest BCUT2D eigenvalue weighted by Crippen LogP contribution is -2.18. The molecule has 0 aromatic heterocycles. The summed E-state index contributed by atoms with van der Waals surface area (Å²) in [5.74, 6) is 0.799. The van der Waals surface area contributed by atoms with Crippen LogP contribution in [-0.4, -0.2) is 0 Å². The Balaban J connectivity index is 3.52. The molecule has 0 heterocycles. The quantitative estimate of drug-likeness (QED) is 0.468. The number of hydrogen-bond acceptors (Lipinski definition) is 0. The summed E-state index contributed by atoms with van der Waals surface area (Å²) in [7, 11) is 0. The molecule has 0 saturated carbocycles. The van der Waals surface area contributed by atoms with E-state index in [4.69, 9.17) is 0 Å². The van der Waals surface area contributed by atoms with Crippen LogP contribution in [0.2, 0.25) is 0 Å². The molecule has 0 N–H and O–H groups in total. The minimum atomic E-state index is 0.522. The Morgan fingerprint density at radius 3 is 2.31 bits per heavy atom. The maximum Gasteiger partial charge on any atom is -0.0274 e. The predicted molar refractivity (Wildman–Crippen MR) is 70.2 cm³/mol. The highest BCUT2D eigenvalue weighted by Gasteiger charge is 2.20. The molecule has 13 heavy (non-hydrogen) atoms. The van der Waals surface area contributed by atoms with Crippen molar-refractivity contribution in [2.75, 3.05) is 0 Å². The number of hydrogen-bond donors (Lipinski definition) is 0. The zero-order valence-corrected chi connectivity index (χ0v) is 11.6. The highest BCUT2D eigenvalue weighted by Crippen LogP contribution is 2.31. The highest BCUT2D eigenvalue weighted by atomic mass is 127. The number of halogens is 1. The second-order valence-electron chi connectivity index (χ2n) is 4.75. The van der Waals surface area contributed by atoms with Gasteiger partial charge in [0.15, 0.2) is 0 Å². The fraction of sp³-hybridized carbons (Fsp3) is 0.833. The Labute approximate surface area is 97.3 Å². The smallest absolute Gasteiger partial charge is 0.0274 e. The minimum Gasteiger partial charge on any atom is -0.0785 e. The van der Waals surface area contributed by atoms with Gasteiger partial charge < -0.3 is 0 Å². The van der Waals surface area contributed by atoms with Gasteiger partial charge in [0.25, 0.3) is 0 Å². The van der Waals surface area contributed by atoms with E-state index >= 15 is 0 Å². The van der Waals surface area contributed by atoms with Crippen molar-refractivity contribution in [2.45, 2.75) is 53.4 Å². The first kappa shape index (κ1) is 13.5. The van der Waals surface area contributed by atoms with E-state index in [2.05, 4.69) is 60.4 Å². The summed E-state index contributed by atoms with van der Waals surface area (Å²) in [6.45, 7) is 9.41. The Hall–Kier alpha value is 0.470. The molecule has 0 aliphatic rings. The summed E-state index contributed by atoms with van der Waals surface area (Å²) >= 11 is 2.29. The third kappa shape index (κ3) is 6.53. The van der Waals surface area contributed by atoms with Crippen molar-refractivity contribution in [1.29, 1.82) is 0 Å². The van der Waals surface area contributed by atoms with Crippen LogP contribution in [0.15, 0.2) is 10.2 Å². The van der Waals surface area contributed by atoms with Crippen LogP contribution in [0.5, 0.6) is 0 Å². The summed E-state index contributed by atoms with van der Waals surface area (Å²) in [6, 6.07) is 0. The highest BCUT2D eigenvalue weighted by molar-refractivity contribution is 14.1. The fourth-order valence-electron chi connectivity index (χ4n) is 1.19. The molecule has 0 spiro atoms. The van der Waals surface area contributed by atoms with E-state index in [1.807, 2.05) is 0 Å². The van der Waals surface area contributed by atoms with Gasteiger partial charge in [-0.15, -0.1) is 0 Å². The monoisotopic (exact) mass is 294 g/mol. The average Bonchev–Trinajstić information content (AvgIpc) is 2.03. The standard InChI is InChI=1S/C12H23I/c1-11(2)12(3,4)9-7-5-6-8-10-13/h8,10-11H,5-7,9H2,1-4H3. The number of rotatable bonds is 6. The van der Waals surface area contributed by atoms with Crippen molar-refractivity contribution in [3.05, 3.63) is 10.2 Å². The molecule has 0 unspecified atom stereocenters.